The van der Waals surface area contributed by atoms with E-state index in [1.54, 1.807) is 12.1 Å². The molecule has 4 nitrogen and oxygen atoms in total. The Bertz CT molecular complexity index is 869. The monoisotopic (exact) mass is 313 g/mol. The molecule has 0 spiro atoms. The fraction of sp³-hybridized carbons (Fsp3) is 0.118. The van der Waals surface area contributed by atoms with Gasteiger partial charge in [0.05, 0.1) is 0 Å². The molecule has 0 aliphatic carbocycles. The second-order valence-electron chi connectivity index (χ2n) is 4.90. The first-order valence-electron chi connectivity index (χ1n) is 6.92. The summed E-state index contributed by atoms with van der Waals surface area (Å²) in [7, 11) is 0. The third kappa shape index (κ3) is 2.53. The zero-order valence-corrected chi connectivity index (χ0v) is 12.3. The van der Waals surface area contributed by atoms with Crippen LogP contribution in [0.1, 0.15) is 11.5 Å². The van der Waals surface area contributed by atoms with Crippen LogP contribution in [0.4, 0.5) is 0 Å². The zero-order chi connectivity index (χ0) is 14.9. The van der Waals surface area contributed by atoms with E-state index in [0.717, 1.165) is 22.6 Å². The van der Waals surface area contributed by atoms with Crippen LogP contribution in [0.2, 0.25) is 5.02 Å². The van der Waals surface area contributed by atoms with Gasteiger partial charge in [-0.25, -0.2) is 4.98 Å². The quantitative estimate of drug-likeness (QED) is 0.702. The van der Waals surface area contributed by atoms with Crippen LogP contribution < -0.4 is 9.47 Å². The molecule has 0 fully saturated rings. The number of halogens is 1. The predicted octanol–water partition coefficient (Wildman–Crippen LogP) is 4.42. The molecule has 3 aromatic rings. The first-order chi connectivity index (χ1) is 10.8. The number of ether oxygens (including phenoxy) is 2. The van der Waals surface area contributed by atoms with E-state index in [4.69, 9.17) is 25.5 Å². The van der Waals surface area contributed by atoms with Gasteiger partial charge >= 0.3 is 0 Å². The summed E-state index contributed by atoms with van der Waals surface area (Å²) in [5.74, 6) is 2.07. The van der Waals surface area contributed by atoms with Crippen LogP contribution in [-0.2, 0) is 0 Å². The van der Waals surface area contributed by atoms with Gasteiger partial charge in [-0.1, -0.05) is 17.7 Å². The SMILES string of the molecule is Clc1ccc2oc(/C=C/c3ccc4c(c3)OCCO4)nc2c1. The first-order valence-corrected chi connectivity index (χ1v) is 7.29. The van der Waals surface area contributed by atoms with Gasteiger partial charge in [-0.3, -0.25) is 0 Å². The van der Waals surface area contributed by atoms with Gasteiger partial charge in [0, 0.05) is 11.1 Å². The Morgan fingerprint density at radius 3 is 2.73 bits per heavy atom. The minimum absolute atomic E-state index is 0.534. The average Bonchev–Trinajstić information content (AvgIpc) is 2.94. The number of hydrogen-bond donors (Lipinski definition) is 0. The van der Waals surface area contributed by atoms with Gasteiger partial charge in [0.1, 0.15) is 18.7 Å². The summed E-state index contributed by atoms with van der Waals surface area (Å²) in [6, 6.07) is 11.2. The molecule has 0 atom stereocenters. The summed E-state index contributed by atoms with van der Waals surface area (Å²) >= 11 is 5.94. The molecular formula is C17H12ClNO3. The minimum atomic E-state index is 0.534. The van der Waals surface area contributed by atoms with Crippen LogP contribution in [0, 0.1) is 0 Å². The van der Waals surface area contributed by atoms with Crippen LogP contribution in [-0.4, -0.2) is 18.2 Å². The van der Waals surface area contributed by atoms with Crippen molar-refractivity contribution in [2.24, 2.45) is 0 Å². The first kappa shape index (κ1) is 13.2. The molecule has 0 amide bonds. The van der Waals surface area contributed by atoms with Crippen LogP contribution >= 0.6 is 11.6 Å². The van der Waals surface area contributed by atoms with Crippen molar-refractivity contribution in [1.29, 1.82) is 0 Å². The molecule has 0 unspecified atom stereocenters. The molecule has 2 heterocycles. The molecule has 1 aromatic heterocycles. The van der Waals surface area contributed by atoms with Crippen molar-refractivity contribution < 1.29 is 13.9 Å². The molecule has 0 bridgehead atoms. The number of hydrogen-bond acceptors (Lipinski definition) is 4. The molecule has 22 heavy (non-hydrogen) atoms. The van der Waals surface area contributed by atoms with Crippen molar-refractivity contribution in [3.8, 4) is 11.5 Å². The Hall–Kier alpha value is -2.46. The summed E-state index contributed by atoms with van der Waals surface area (Å²) in [6.07, 6.45) is 3.74. The molecule has 5 heteroatoms. The summed E-state index contributed by atoms with van der Waals surface area (Å²) < 4.78 is 16.7. The molecule has 0 saturated heterocycles. The molecule has 1 aliphatic rings. The Kier molecular flexibility index (Phi) is 3.24. The van der Waals surface area contributed by atoms with E-state index in [1.807, 2.05) is 36.4 Å². The van der Waals surface area contributed by atoms with Crippen molar-refractivity contribution in [3.05, 3.63) is 52.9 Å². The average molecular weight is 314 g/mol. The van der Waals surface area contributed by atoms with E-state index in [-0.39, 0.29) is 0 Å². The second-order valence-corrected chi connectivity index (χ2v) is 5.34. The van der Waals surface area contributed by atoms with Gasteiger partial charge in [-0.05, 0) is 42.0 Å². The van der Waals surface area contributed by atoms with Gasteiger partial charge in [0.25, 0.3) is 0 Å². The minimum Gasteiger partial charge on any atom is -0.486 e. The highest BCUT2D eigenvalue weighted by Crippen LogP contribution is 2.31. The maximum absolute atomic E-state index is 5.94. The lowest BCUT2D eigenvalue weighted by atomic mass is 10.2. The Labute approximate surface area is 131 Å². The highest BCUT2D eigenvalue weighted by molar-refractivity contribution is 6.31. The molecule has 4 rings (SSSR count). The number of oxazole rings is 1. The van der Waals surface area contributed by atoms with E-state index in [0.29, 0.717) is 29.7 Å². The Balaban J connectivity index is 1.62. The number of benzene rings is 2. The van der Waals surface area contributed by atoms with Crippen molar-refractivity contribution in [2.75, 3.05) is 13.2 Å². The van der Waals surface area contributed by atoms with E-state index < -0.39 is 0 Å². The van der Waals surface area contributed by atoms with Crippen molar-refractivity contribution in [3.63, 3.8) is 0 Å². The molecule has 2 aromatic carbocycles. The maximum atomic E-state index is 5.94. The largest absolute Gasteiger partial charge is 0.486 e. The molecule has 1 aliphatic heterocycles. The second kappa shape index (κ2) is 5.39. The Morgan fingerprint density at radius 2 is 1.82 bits per heavy atom. The summed E-state index contributed by atoms with van der Waals surface area (Å²) in [6.45, 7) is 1.17. The third-order valence-corrected chi connectivity index (χ3v) is 3.59. The van der Waals surface area contributed by atoms with E-state index >= 15 is 0 Å². The molecule has 0 N–H and O–H groups in total. The van der Waals surface area contributed by atoms with Crippen molar-refractivity contribution in [2.45, 2.75) is 0 Å². The number of fused-ring (bicyclic) bond motifs is 2. The van der Waals surface area contributed by atoms with E-state index in [1.165, 1.54) is 0 Å². The summed E-state index contributed by atoms with van der Waals surface area (Å²) in [4.78, 5) is 4.38. The predicted molar refractivity (Wildman–Crippen MR) is 85.4 cm³/mol. The zero-order valence-electron chi connectivity index (χ0n) is 11.6. The highest BCUT2D eigenvalue weighted by Gasteiger charge is 2.11. The lowest BCUT2D eigenvalue weighted by molar-refractivity contribution is 0.171. The van der Waals surface area contributed by atoms with Gasteiger partial charge in [-0.15, -0.1) is 0 Å². The van der Waals surface area contributed by atoms with E-state index in [9.17, 15) is 0 Å². The van der Waals surface area contributed by atoms with E-state index in [2.05, 4.69) is 4.98 Å². The normalized spacial score (nSPS) is 13.9. The van der Waals surface area contributed by atoms with Crippen LogP contribution in [0.5, 0.6) is 11.5 Å². The van der Waals surface area contributed by atoms with Gasteiger partial charge < -0.3 is 13.9 Å². The van der Waals surface area contributed by atoms with Gasteiger partial charge in [0.2, 0.25) is 5.89 Å². The smallest absolute Gasteiger partial charge is 0.220 e. The van der Waals surface area contributed by atoms with Crippen molar-refractivity contribution >= 4 is 34.9 Å². The van der Waals surface area contributed by atoms with Gasteiger partial charge in [-0.2, -0.15) is 0 Å². The van der Waals surface area contributed by atoms with Gasteiger partial charge in [0.15, 0.2) is 17.1 Å². The topological polar surface area (TPSA) is 44.5 Å². The van der Waals surface area contributed by atoms with Crippen molar-refractivity contribution in [1.82, 2.24) is 4.98 Å². The van der Waals surface area contributed by atoms with Crippen LogP contribution in [0.3, 0.4) is 0 Å². The standard InChI is InChI=1S/C17H12ClNO3/c18-12-3-5-14-13(10-12)19-17(22-14)6-2-11-1-4-15-16(9-11)21-8-7-20-15/h1-6,9-10H,7-8H2/b6-2+. The fourth-order valence-electron chi connectivity index (χ4n) is 2.32. The lowest BCUT2D eigenvalue weighted by Crippen LogP contribution is -2.15. The van der Waals surface area contributed by atoms with Crippen LogP contribution in [0.15, 0.2) is 40.8 Å². The number of nitrogens with zero attached hydrogens (tertiary/aromatic N) is 1. The molecular weight excluding hydrogens is 302 g/mol. The lowest BCUT2D eigenvalue weighted by Gasteiger charge is -2.18. The fourth-order valence-corrected chi connectivity index (χ4v) is 2.49. The molecule has 0 radical (unpaired) electrons. The summed E-state index contributed by atoms with van der Waals surface area (Å²) in [5, 5.41) is 0.642. The maximum Gasteiger partial charge on any atom is 0.220 e. The number of aromatic nitrogens is 1. The van der Waals surface area contributed by atoms with Crippen LogP contribution in [0.25, 0.3) is 23.3 Å². The highest BCUT2D eigenvalue weighted by atomic mass is 35.5. The Morgan fingerprint density at radius 1 is 0.955 bits per heavy atom. The molecule has 0 saturated carbocycles. The third-order valence-electron chi connectivity index (χ3n) is 3.35. The molecule has 110 valence electrons. The number of rotatable bonds is 2. The summed E-state index contributed by atoms with van der Waals surface area (Å²) in [5.41, 5.74) is 2.45.